The first kappa shape index (κ1) is 14.1. The third-order valence-electron chi connectivity index (χ3n) is 6.72. The van der Waals surface area contributed by atoms with Gasteiger partial charge in [0.1, 0.15) is 0 Å². The molecule has 0 radical (unpaired) electrons. The molecule has 5 heterocycles. The summed E-state index contributed by atoms with van der Waals surface area (Å²) in [6.45, 7) is 0. The highest BCUT2D eigenvalue weighted by atomic mass is 15.6. The minimum absolute atomic E-state index is 0.532. The van der Waals surface area contributed by atoms with Crippen LogP contribution in [0.15, 0.2) is 85.2 Å². The fourth-order valence-electron chi connectivity index (χ4n) is 5.63. The van der Waals surface area contributed by atoms with Crippen LogP contribution >= 0.6 is 0 Å². The maximum atomic E-state index is 2.43. The second-order valence-corrected chi connectivity index (χ2v) is 8.03. The van der Waals surface area contributed by atoms with Gasteiger partial charge in [-0.15, -0.1) is 0 Å². The summed E-state index contributed by atoms with van der Waals surface area (Å²) >= 11 is 0. The summed E-state index contributed by atoms with van der Waals surface area (Å²) in [4.78, 5) is 0. The van der Waals surface area contributed by atoms with E-state index in [0.717, 1.165) is 0 Å². The minimum Gasteiger partial charge on any atom is -0.205 e. The number of para-hydroxylation sites is 4. The van der Waals surface area contributed by atoms with Gasteiger partial charge in [-0.3, -0.25) is 0 Å². The van der Waals surface area contributed by atoms with E-state index >= 15 is 0 Å². The monoisotopic (exact) mass is 372 g/mol. The van der Waals surface area contributed by atoms with Crippen LogP contribution in [-0.2, 0) is 5.91 Å². The van der Waals surface area contributed by atoms with Crippen molar-refractivity contribution in [1.82, 2.24) is 9.13 Å². The fourth-order valence-corrected chi connectivity index (χ4v) is 5.63. The van der Waals surface area contributed by atoms with Gasteiger partial charge in [-0.25, -0.2) is 9.13 Å². The standard InChI is InChI=1S/C25H16N4/c1-2-10-22-21(9-1)28-15-19-7-3-5-17-11-13-26(23(17)19)25(28)27-14-12-18-6-4-8-20(24(18)27)16-29(22)25/h1-16H/q+2. The van der Waals surface area contributed by atoms with Crippen molar-refractivity contribution in [3.8, 4) is 0 Å². The zero-order valence-electron chi connectivity index (χ0n) is 15.5. The fraction of sp³-hybridized carbons (Fsp3) is 0.0400. The highest BCUT2D eigenvalue weighted by Gasteiger charge is 2.68. The summed E-state index contributed by atoms with van der Waals surface area (Å²) in [7, 11) is 0. The molecule has 8 rings (SSSR count). The van der Waals surface area contributed by atoms with Crippen molar-refractivity contribution in [1.29, 1.82) is 0 Å². The predicted molar refractivity (Wildman–Crippen MR) is 114 cm³/mol. The molecule has 2 aromatic heterocycles. The van der Waals surface area contributed by atoms with Gasteiger partial charge in [0.2, 0.25) is 0 Å². The van der Waals surface area contributed by atoms with Crippen LogP contribution in [0.25, 0.3) is 21.8 Å². The Hall–Kier alpha value is -3.92. The van der Waals surface area contributed by atoms with Crippen molar-refractivity contribution >= 4 is 45.6 Å². The average molecular weight is 372 g/mol. The van der Waals surface area contributed by atoms with Crippen molar-refractivity contribution in [2.75, 3.05) is 0 Å². The number of hydrogen-bond donors (Lipinski definition) is 0. The summed E-state index contributed by atoms with van der Waals surface area (Å²) in [6.07, 6.45) is 9.10. The molecule has 0 aliphatic carbocycles. The van der Waals surface area contributed by atoms with E-state index in [0.29, 0.717) is 0 Å². The molecule has 0 amide bonds. The first-order valence-corrected chi connectivity index (χ1v) is 9.96. The highest BCUT2D eigenvalue weighted by molar-refractivity contribution is 6.01. The first-order valence-electron chi connectivity index (χ1n) is 9.96. The largest absolute Gasteiger partial charge is 0.552 e. The Morgan fingerprint density at radius 3 is 1.59 bits per heavy atom. The third kappa shape index (κ3) is 1.36. The summed E-state index contributed by atoms with van der Waals surface area (Å²) in [5, 5.41) is 2.54. The topological polar surface area (TPSA) is 15.9 Å². The maximum Gasteiger partial charge on any atom is 0.552 e. The molecule has 1 spiro atoms. The Kier molecular flexibility index (Phi) is 2.14. The van der Waals surface area contributed by atoms with Gasteiger partial charge < -0.3 is 0 Å². The average Bonchev–Trinajstić information content (AvgIpc) is 3.45. The number of benzene rings is 3. The second kappa shape index (κ2) is 4.39. The minimum atomic E-state index is -0.532. The molecule has 0 N–H and O–H groups in total. The summed E-state index contributed by atoms with van der Waals surface area (Å²) in [5.41, 5.74) is 7.48. The van der Waals surface area contributed by atoms with Crippen LogP contribution in [0.3, 0.4) is 0 Å². The molecular weight excluding hydrogens is 356 g/mol. The predicted octanol–water partition coefficient (Wildman–Crippen LogP) is 4.58. The summed E-state index contributed by atoms with van der Waals surface area (Å²) < 4.78 is 9.72. The summed E-state index contributed by atoms with van der Waals surface area (Å²) in [6, 6.07) is 26.3. The number of rotatable bonds is 0. The van der Waals surface area contributed by atoms with Gasteiger partial charge in [0.05, 0.1) is 22.2 Å². The van der Waals surface area contributed by atoms with Crippen molar-refractivity contribution in [2.24, 2.45) is 0 Å². The van der Waals surface area contributed by atoms with Crippen molar-refractivity contribution in [3.63, 3.8) is 0 Å². The Bertz CT molecular complexity index is 1490. The molecule has 3 aromatic carbocycles. The van der Waals surface area contributed by atoms with Crippen LogP contribution in [0.2, 0.25) is 0 Å². The molecule has 29 heavy (non-hydrogen) atoms. The lowest BCUT2D eigenvalue weighted by Gasteiger charge is -2.29. The van der Waals surface area contributed by atoms with E-state index in [2.05, 4.69) is 116 Å². The molecule has 0 saturated heterocycles. The van der Waals surface area contributed by atoms with Crippen molar-refractivity contribution in [2.45, 2.75) is 5.91 Å². The normalized spacial score (nSPS) is 17.0. The van der Waals surface area contributed by atoms with Gasteiger partial charge in [0.25, 0.3) is 11.4 Å². The van der Waals surface area contributed by atoms with Crippen LogP contribution in [-0.4, -0.2) is 30.7 Å². The van der Waals surface area contributed by atoms with Gasteiger partial charge in [0, 0.05) is 35.3 Å². The Balaban J connectivity index is 1.66. The summed E-state index contributed by atoms with van der Waals surface area (Å²) in [5.74, 6) is -0.532. The zero-order chi connectivity index (χ0) is 18.7. The third-order valence-corrected chi connectivity index (χ3v) is 6.72. The molecule has 0 bridgehead atoms. The second-order valence-electron chi connectivity index (χ2n) is 8.03. The van der Waals surface area contributed by atoms with Crippen LogP contribution in [0.4, 0.5) is 11.4 Å². The lowest BCUT2D eigenvalue weighted by Crippen LogP contribution is -2.56. The Labute approximate surface area is 166 Å². The number of aromatic nitrogens is 2. The molecular formula is C25H16N4+2. The van der Waals surface area contributed by atoms with Gasteiger partial charge in [-0.2, -0.15) is 0 Å². The number of fused-ring (bicyclic) bond motifs is 3. The number of nitrogens with zero attached hydrogens (tertiary/aromatic N) is 4. The van der Waals surface area contributed by atoms with Crippen molar-refractivity contribution in [3.05, 3.63) is 96.3 Å². The van der Waals surface area contributed by atoms with Crippen LogP contribution in [0.5, 0.6) is 0 Å². The van der Waals surface area contributed by atoms with Crippen LogP contribution in [0.1, 0.15) is 11.1 Å². The maximum absolute atomic E-state index is 2.43. The molecule has 0 saturated carbocycles. The van der Waals surface area contributed by atoms with Gasteiger partial charge in [-0.05, 0) is 24.3 Å². The smallest absolute Gasteiger partial charge is 0.205 e. The van der Waals surface area contributed by atoms with Gasteiger partial charge in [-0.1, -0.05) is 45.5 Å². The van der Waals surface area contributed by atoms with Gasteiger partial charge in [0.15, 0.2) is 12.4 Å². The molecule has 0 unspecified atom stereocenters. The lowest BCUT2D eigenvalue weighted by atomic mass is 10.1. The van der Waals surface area contributed by atoms with E-state index in [4.69, 9.17) is 0 Å². The highest BCUT2D eigenvalue weighted by Crippen LogP contribution is 2.51. The van der Waals surface area contributed by atoms with E-state index in [-0.39, 0.29) is 0 Å². The van der Waals surface area contributed by atoms with E-state index in [1.54, 1.807) is 0 Å². The molecule has 0 fully saturated rings. The Morgan fingerprint density at radius 1 is 0.552 bits per heavy atom. The van der Waals surface area contributed by atoms with E-state index in [1.807, 2.05) is 0 Å². The van der Waals surface area contributed by atoms with Crippen LogP contribution in [0, 0.1) is 0 Å². The molecule has 4 heteroatoms. The first-order chi connectivity index (χ1) is 14.4. The SMILES string of the molecule is C1=[N+]2c3ccccc3[N+]3=Cc4cccc5ccn(c45)C23n2ccc3cccc1c32. The molecule has 5 aromatic rings. The van der Waals surface area contributed by atoms with Gasteiger partial charge >= 0.3 is 5.91 Å². The molecule has 134 valence electrons. The Morgan fingerprint density at radius 2 is 1.07 bits per heavy atom. The molecule has 3 aliphatic heterocycles. The van der Waals surface area contributed by atoms with E-state index in [9.17, 15) is 0 Å². The van der Waals surface area contributed by atoms with Crippen molar-refractivity contribution < 1.29 is 9.15 Å². The van der Waals surface area contributed by atoms with Crippen LogP contribution < -0.4 is 0 Å². The van der Waals surface area contributed by atoms with E-state index < -0.39 is 5.91 Å². The number of hydrogen-bond acceptors (Lipinski definition) is 0. The van der Waals surface area contributed by atoms with E-state index in [1.165, 1.54) is 44.3 Å². The lowest BCUT2D eigenvalue weighted by molar-refractivity contribution is -0.779. The quantitative estimate of drug-likeness (QED) is 0.354. The zero-order valence-corrected chi connectivity index (χ0v) is 15.5. The molecule has 4 nitrogen and oxygen atoms in total. The molecule has 0 atom stereocenters. The molecule has 3 aliphatic rings.